The standard InChI is InChI=1S/C31H36O14/c1-16(32)40-15-30-21(43-26(35)19-8-11-38-13-19)7-10-29(6,37)31(30)24(42-18(3)34)22(28(4,5)45-31)23(41-17(2)33)25(30)44-27(36)20-9-12-39-14-20/h8-9,11-14,21-25,37H,7,10,15H2,1-6H3/t21-,22+,23+,24+,25+,29-,30-,31-/m0/s1. The summed E-state index contributed by atoms with van der Waals surface area (Å²) >= 11 is 0. The Kier molecular flexibility index (Phi) is 8.11. The van der Waals surface area contributed by atoms with Crippen molar-refractivity contribution in [1.82, 2.24) is 0 Å². The molecule has 14 nitrogen and oxygen atoms in total. The van der Waals surface area contributed by atoms with Gasteiger partial charge in [-0.2, -0.15) is 0 Å². The minimum Gasteiger partial charge on any atom is -0.472 e. The van der Waals surface area contributed by atoms with E-state index in [-0.39, 0.29) is 24.0 Å². The normalized spacial score (nSPS) is 34.6. The second-order valence-corrected chi connectivity index (χ2v) is 12.4. The number of hydrogen-bond donors (Lipinski definition) is 1. The number of carbonyl (C=O) groups is 5. The molecule has 1 N–H and O–H groups in total. The van der Waals surface area contributed by atoms with Crippen LogP contribution in [0.25, 0.3) is 0 Å². The molecule has 2 aromatic heterocycles. The fourth-order valence-electron chi connectivity index (χ4n) is 7.62. The second kappa shape index (κ2) is 11.3. The maximum atomic E-state index is 13.6. The van der Waals surface area contributed by atoms with Gasteiger partial charge in [0, 0.05) is 20.8 Å². The van der Waals surface area contributed by atoms with Crippen LogP contribution in [0.15, 0.2) is 46.0 Å². The van der Waals surface area contributed by atoms with Crippen molar-refractivity contribution < 1.29 is 66.3 Å². The molecule has 0 radical (unpaired) electrons. The summed E-state index contributed by atoms with van der Waals surface area (Å²) in [5, 5.41) is 12.4. The first-order valence-corrected chi connectivity index (χ1v) is 14.4. The first-order chi connectivity index (χ1) is 21.1. The number of hydrogen-bond acceptors (Lipinski definition) is 14. The summed E-state index contributed by atoms with van der Waals surface area (Å²) in [7, 11) is 0. The molecule has 244 valence electrons. The van der Waals surface area contributed by atoms with Crippen LogP contribution < -0.4 is 0 Å². The van der Waals surface area contributed by atoms with Gasteiger partial charge < -0.3 is 42.4 Å². The topological polar surface area (TPSA) is 187 Å². The van der Waals surface area contributed by atoms with Gasteiger partial charge in [-0.3, -0.25) is 14.4 Å². The Morgan fingerprint density at radius 3 is 1.91 bits per heavy atom. The third-order valence-electron chi connectivity index (χ3n) is 9.18. The molecule has 2 saturated carbocycles. The Bertz CT molecular complexity index is 1460. The molecule has 3 fully saturated rings. The Hall–Kier alpha value is -4.17. The van der Waals surface area contributed by atoms with Gasteiger partial charge in [-0.25, -0.2) is 9.59 Å². The monoisotopic (exact) mass is 632 g/mol. The van der Waals surface area contributed by atoms with Gasteiger partial charge in [0.1, 0.15) is 42.9 Å². The van der Waals surface area contributed by atoms with Crippen molar-refractivity contribution in [3.63, 3.8) is 0 Å². The lowest BCUT2D eigenvalue weighted by atomic mass is 9.46. The molecule has 1 saturated heterocycles. The number of fused-ring (bicyclic) bond motifs is 1. The molecule has 5 rings (SSSR count). The first kappa shape index (κ1) is 32.2. The van der Waals surface area contributed by atoms with E-state index in [1.165, 1.54) is 37.8 Å². The number of furan rings is 2. The summed E-state index contributed by atoms with van der Waals surface area (Å²) in [5.41, 5.74) is -7.28. The zero-order valence-corrected chi connectivity index (χ0v) is 25.7. The summed E-state index contributed by atoms with van der Waals surface area (Å²) in [5.74, 6) is -5.10. The first-order valence-electron chi connectivity index (χ1n) is 14.4. The second-order valence-electron chi connectivity index (χ2n) is 12.4. The number of carbonyl (C=O) groups excluding carboxylic acids is 5. The molecule has 14 heteroatoms. The van der Waals surface area contributed by atoms with E-state index < -0.39 is 89.0 Å². The van der Waals surface area contributed by atoms with Crippen molar-refractivity contribution in [2.24, 2.45) is 11.3 Å². The predicted molar refractivity (Wildman–Crippen MR) is 147 cm³/mol. The van der Waals surface area contributed by atoms with Crippen molar-refractivity contribution >= 4 is 29.8 Å². The van der Waals surface area contributed by atoms with Crippen LogP contribution in [-0.2, 0) is 42.8 Å². The average Bonchev–Trinajstić information content (AvgIpc) is 3.69. The van der Waals surface area contributed by atoms with E-state index >= 15 is 0 Å². The molecule has 8 atom stereocenters. The van der Waals surface area contributed by atoms with Crippen LogP contribution in [0.2, 0.25) is 0 Å². The van der Waals surface area contributed by atoms with Crippen molar-refractivity contribution in [2.45, 2.75) is 95.6 Å². The van der Waals surface area contributed by atoms with E-state index in [0.717, 1.165) is 27.0 Å². The molecule has 1 spiro atoms. The van der Waals surface area contributed by atoms with E-state index in [2.05, 4.69) is 0 Å². The molecule has 0 unspecified atom stereocenters. The summed E-state index contributed by atoms with van der Waals surface area (Å²) in [6.45, 7) is 7.52. The van der Waals surface area contributed by atoms with E-state index in [1.54, 1.807) is 13.8 Å². The van der Waals surface area contributed by atoms with E-state index in [1.807, 2.05) is 0 Å². The Labute approximate surface area is 258 Å². The maximum absolute atomic E-state index is 13.6. The van der Waals surface area contributed by atoms with Crippen LogP contribution in [-0.4, -0.2) is 82.8 Å². The molecule has 3 heterocycles. The van der Waals surface area contributed by atoms with Gasteiger partial charge in [0.15, 0.2) is 11.7 Å². The summed E-state index contributed by atoms with van der Waals surface area (Å²) < 4.78 is 46.6. The van der Waals surface area contributed by atoms with Crippen molar-refractivity contribution in [2.75, 3.05) is 6.61 Å². The summed E-state index contributed by atoms with van der Waals surface area (Å²) in [6.07, 6.45) is -1.02. The minimum atomic E-state index is -2.06. The highest BCUT2D eigenvalue weighted by Crippen LogP contribution is 2.69. The van der Waals surface area contributed by atoms with Crippen molar-refractivity contribution in [1.29, 1.82) is 0 Å². The molecule has 3 aliphatic rings. The van der Waals surface area contributed by atoms with Gasteiger partial charge in [-0.05, 0) is 45.7 Å². The largest absolute Gasteiger partial charge is 0.472 e. The lowest BCUT2D eigenvalue weighted by Crippen LogP contribution is -2.83. The lowest BCUT2D eigenvalue weighted by molar-refractivity contribution is -0.347. The van der Waals surface area contributed by atoms with E-state index in [9.17, 15) is 29.1 Å². The fraction of sp³-hybridized carbons (Fsp3) is 0.581. The molecular weight excluding hydrogens is 596 g/mol. The zero-order valence-electron chi connectivity index (χ0n) is 25.7. The highest BCUT2D eigenvalue weighted by Gasteiger charge is 2.87. The van der Waals surface area contributed by atoms with Crippen LogP contribution >= 0.6 is 0 Å². The minimum absolute atomic E-state index is 0.00240. The average molecular weight is 633 g/mol. The highest BCUT2D eigenvalue weighted by atomic mass is 16.6. The van der Waals surface area contributed by atoms with Gasteiger partial charge in [-0.1, -0.05) is 0 Å². The molecular formula is C31H36O14. The third kappa shape index (κ3) is 5.09. The van der Waals surface area contributed by atoms with Crippen molar-refractivity contribution in [3.8, 4) is 0 Å². The highest BCUT2D eigenvalue weighted by molar-refractivity contribution is 5.90. The molecule has 45 heavy (non-hydrogen) atoms. The number of aliphatic hydroxyl groups is 1. The fourth-order valence-corrected chi connectivity index (χ4v) is 7.62. The van der Waals surface area contributed by atoms with Gasteiger partial charge >= 0.3 is 29.8 Å². The van der Waals surface area contributed by atoms with Crippen LogP contribution in [0, 0.1) is 11.3 Å². The van der Waals surface area contributed by atoms with Gasteiger partial charge in [0.2, 0.25) is 0 Å². The van der Waals surface area contributed by atoms with Crippen molar-refractivity contribution in [3.05, 3.63) is 48.3 Å². The Morgan fingerprint density at radius 1 is 0.822 bits per heavy atom. The smallest absolute Gasteiger partial charge is 0.341 e. The van der Waals surface area contributed by atoms with Crippen LogP contribution in [0.3, 0.4) is 0 Å². The molecule has 2 bridgehead atoms. The lowest BCUT2D eigenvalue weighted by Gasteiger charge is -2.65. The Balaban J connectivity index is 1.83. The number of rotatable bonds is 8. The van der Waals surface area contributed by atoms with E-state index in [4.69, 9.17) is 37.3 Å². The number of ether oxygens (including phenoxy) is 6. The van der Waals surface area contributed by atoms with E-state index in [0.29, 0.717) is 0 Å². The summed E-state index contributed by atoms with van der Waals surface area (Å²) in [6, 6.07) is 2.73. The quantitative estimate of drug-likeness (QED) is 0.330. The van der Waals surface area contributed by atoms with Crippen LogP contribution in [0.1, 0.15) is 75.1 Å². The van der Waals surface area contributed by atoms with Gasteiger partial charge in [0.05, 0.1) is 40.8 Å². The maximum Gasteiger partial charge on any atom is 0.341 e. The summed E-state index contributed by atoms with van der Waals surface area (Å²) in [4.78, 5) is 65.0. The molecule has 0 aromatic carbocycles. The predicted octanol–water partition coefficient (Wildman–Crippen LogP) is 2.76. The number of esters is 5. The molecule has 2 aliphatic carbocycles. The molecule has 1 aliphatic heterocycles. The zero-order chi connectivity index (χ0) is 32.9. The van der Waals surface area contributed by atoms with Crippen LogP contribution in [0.4, 0.5) is 0 Å². The third-order valence-corrected chi connectivity index (χ3v) is 9.18. The molecule has 2 aromatic rings. The van der Waals surface area contributed by atoms with Crippen LogP contribution in [0.5, 0.6) is 0 Å². The molecule has 0 amide bonds. The SMILES string of the molecule is CC(=O)OC[C@@]12[C@@H](OC(=O)c3ccoc3)CC[C@](C)(O)[C@]13OC(C)(C)[C@H]([C@@H](OC(C)=O)[C@H]2OC(=O)c1ccoc1)[C@H]3OC(C)=O. The van der Waals surface area contributed by atoms with Gasteiger partial charge in [-0.15, -0.1) is 0 Å². The van der Waals surface area contributed by atoms with Gasteiger partial charge in [0.25, 0.3) is 0 Å². The Morgan fingerprint density at radius 2 is 1.40 bits per heavy atom.